The van der Waals surface area contributed by atoms with Gasteiger partial charge in [0, 0.05) is 6.04 Å². The van der Waals surface area contributed by atoms with E-state index in [2.05, 4.69) is 5.32 Å². The molecule has 1 amide bonds. The molecular weight excluding hydrogens is 394 g/mol. The van der Waals surface area contributed by atoms with E-state index in [9.17, 15) is 9.59 Å². The number of amides is 1. The van der Waals surface area contributed by atoms with Gasteiger partial charge in [-0.2, -0.15) is 0 Å². The second kappa shape index (κ2) is 9.47. The van der Waals surface area contributed by atoms with Crippen LogP contribution in [0, 0.1) is 0 Å². The molecule has 3 aromatic rings. The highest BCUT2D eigenvalue weighted by molar-refractivity contribution is 7.99. The monoisotopic (exact) mass is 421 g/mol. The van der Waals surface area contributed by atoms with Gasteiger partial charge in [0.1, 0.15) is 0 Å². The summed E-state index contributed by atoms with van der Waals surface area (Å²) in [7, 11) is 0. The number of nitrogens with zero attached hydrogens (tertiary/aromatic N) is 2. The Labute approximate surface area is 180 Å². The summed E-state index contributed by atoms with van der Waals surface area (Å²) < 4.78 is 1.85. The lowest BCUT2D eigenvalue weighted by molar-refractivity contribution is -0.119. The van der Waals surface area contributed by atoms with Crippen LogP contribution >= 0.6 is 11.8 Å². The normalized spacial score (nSPS) is 15.8. The van der Waals surface area contributed by atoms with Crippen molar-refractivity contribution in [3.8, 4) is 0 Å². The summed E-state index contributed by atoms with van der Waals surface area (Å²) in [6.07, 6.45) is 5.45. The van der Waals surface area contributed by atoms with Gasteiger partial charge in [0.25, 0.3) is 5.56 Å². The van der Waals surface area contributed by atoms with Crippen molar-refractivity contribution < 1.29 is 4.79 Å². The lowest BCUT2D eigenvalue weighted by Crippen LogP contribution is -2.31. The second-order valence-electron chi connectivity index (χ2n) is 7.87. The molecule has 5 nitrogen and oxygen atoms in total. The molecule has 1 aromatic heterocycles. The molecule has 0 aliphatic heterocycles. The number of benzene rings is 2. The first-order valence-corrected chi connectivity index (χ1v) is 11.6. The van der Waals surface area contributed by atoms with Gasteiger partial charge < -0.3 is 5.32 Å². The van der Waals surface area contributed by atoms with Gasteiger partial charge in [0.05, 0.1) is 22.7 Å². The topological polar surface area (TPSA) is 64.0 Å². The summed E-state index contributed by atoms with van der Waals surface area (Å²) in [6.45, 7) is 1.98. The quantitative estimate of drug-likeness (QED) is 0.455. The number of thioether (sulfide) groups is 1. The smallest absolute Gasteiger partial charge is 0.262 e. The fourth-order valence-corrected chi connectivity index (χ4v) is 5.00. The van der Waals surface area contributed by atoms with Gasteiger partial charge in [-0.15, -0.1) is 0 Å². The average Bonchev–Trinajstić information content (AvgIpc) is 2.79. The Kier molecular flexibility index (Phi) is 6.53. The number of rotatable bonds is 6. The molecule has 1 fully saturated rings. The molecular formula is C24H27N3O2S. The third-order valence-corrected chi connectivity index (χ3v) is 6.68. The highest BCUT2D eigenvalue weighted by atomic mass is 32.2. The fourth-order valence-electron chi connectivity index (χ4n) is 4.13. The van der Waals surface area contributed by atoms with E-state index in [0.717, 1.165) is 31.2 Å². The highest BCUT2D eigenvalue weighted by Gasteiger charge is 2.22. The van der Waals surface area contributed by atoms with Crippen molar-refractivity contribution >= 4 is 28.6 Å². The standard InChI is InChI=1S/C24H27N3O2S/c1-17(18-10-4-2-5-11-18)25-22(28)16-30-24-26-21-15-9-8-14-20(21)23(29)27(24)19-12-6-3-7-13-19/h2,4-5,8-11,14-15,17,19H,3,6-7,12-13,16H2,1H3,(H,25,28). The SMILES string of the molecule is CC(NC(=O)CSc1nc2ccccc2c(=O)n1C1CCCCC1)c1ccccc1. The minimum atomic E-state index is -0.0654. The molecule has 1 unspecified atom stereocenters. The number of hydrogen-bond donors (Lipinski definition) is 1. The largest absolute Gasteiger partial charge is 0.349 e. The third kappa shape index (κ3) is 4.59. The number of carbonyl (C=O) groups is 1. The summed E-state index contributed by atoms with van der Waals surface area (Å²) in [6, 6.07) is 17.5. The molecule has 1 N–H and O–H groups in total. The summed E-state index contributed by atoms with van der Waals surface area (Å²) in [5.74, 6) is 0.170. The highest BCUT2D eigenvalue weighted by Crippen LogP contribution is 2.31. The third-order valence-electron chi connectivity index (χ3n) is 5.72. The summed E-state index contributed by atoms with van der Waals surface area (Å²) in [4.78, 5) is 30.6. The molecule has 1 aliphatic rings. The van der Waals surface area contributed by atoms with Crippen LogP contribution in [-0.4, -0.2) is 21.2 Å². The fraction of sp³-hybridized carbons (Fsp3) is 0.375. The Balaban J connectivity index is 1.55. The second-order valence-corrected chi connectivity index (χ2v) is 8.81. The van der Waals surface area contributed by atoms with E-state index in [1.807, 2.05) is 66.1 Å². The van der Waals surface area contributed by atoms with Gasteiger partial charge >= 0.3 is 0 Å². The van der Waals surface area contributed by atoms with Crippen LogP contribution in [0.1, 0.15) is 56.7 Å². The van der Waals surface area contributed by atoms with Crippen LogP contribution in [0.2, 0.25) is 0 Å². The van der Waals surface area contributed by atoms with Crippen molar-refractivity contribution in [2.75, 3.05) is 5.75 Å². The number of aromatic nitrogens is 2. The zero-order valence-electron chi connectivity index (χ0n) is 17.2. The molecule has 1 aliphatic carbocycles. The lowest BCUT2D eigenvalue weighted by Gasteiger charge is -2.26. The molecule has 0 saturated heterocycles. The maximum atomic E-state index is 13.3. The summed E-state index contributed by atoms with van der Waals surface area (Å²) in [5.41, 5.74) is 1.77. The van der Waals surface area contributed by atoms with Crippen molar-refractivity contribution in [2.45, 2.75) is 56.3 Å². The Morgan fingerprint density at radius 3 is 2.57 bits per heavy atom. The van der Waals surface area contributed by atoms with Crippen LogP contribution in [0.3, 0.4) is 0 Å². The minimum absolute atomic E-state index is 0.00746. The van der Waals surface area contributed by atoms with Crippen molar-refractivity contribution in [3.63, 3.8) is 0 Å². The molecule has 2 aromatic carbocycles. The average molecular weight is 422 g/mol. The molecule has 0 radical (unpaired) electrons. The zero-order valence-corrected chi connectivity index (χ0v) is 18.0. The maximum Gasteiger partial charge on any atom is 0.262 e. The number of nitrogens with one attached hydrogen (secondary N) is 1. The first kappa shape index (κ1) is 20.7. The molecule has 30 heavy (non-hydrogen) atoms. The van der Waals surface area contributed by atoms with Crippen LogP contribution in [0.5, 0.6) is 0 Å². The van der Waals surface area contributed by atoms with E-state index in [-0.39, 0.29) is 29.3 Å². The lowest BCUT2D eigenvalue weighted by atomic mass is 9.95. The number of para-hydroxylation sites is 1. The Hall–Kier alpha value is -2.60. The Morgan fingerprint density at radius 2 is 1.80 bits per heavy atom. The van der Waals surface area contributed by atoms with Crippen LogP contribution in [0.4, 0.5) is 0 Å². The minimum Gasteiger partial charge on any atom is -0.349 e. The zero-order chi connectivity index (χ0) is 20.9. The predicted molar refractivity (Wildman–Crippen MR) is 122 cm³/mol. The van der Waals surface area contributed by atoms with Crippen molar-refractivity contribution in [1.29, 1.82) is 0 Å². The molecule has 1 saturated carbocycles. The first-order chi connectivity index (χ1) is 14.6. The van der Waals surface area contributed by atoms with Gasteiger partial charge in [0.15, 0.2) is 5.16 Å². The van der Waals surface area contributed by atoms with E-state index in [1.165, 1.54) is 18.2 Å². The van der Waals surface area contributed by atoms with E-state index in [0.29, 0.717) is 16.1 Å². The number of carbonyl (C=O) groups excluding carboxylic acids is 1. The summed E-state index contributed by atoms with van der Waals surface area (Å²) in [5, 5.41) is 4.34. The van der Waals surface area contributed by atoms with Crippen LogP contribution in [0.15, 0.2) is 64.5 Å². The Bertz CT molecular complexity index is 1070. The molecule has 0 spiro atoms. The molecule has 0 bridgehead atoms. The van der Waals surface area contributed by atoms with E-state index >= 15 is 0 Å². The van der Waals surface area contributed by atoms with Crippen LogP contribution in [0.25, 0.3) is 10.9 Å². The molecule has 6 heteroatoms. The van der Waals surface area contributed by atoms with E-state index in [1.54, 1.807) is 0 Å². The molecule has 1 heterocycles. The van der Waals surface area contributed by atoms with Crippen molar-refractivity contribution in [2.24, 2.45) is 0 Å². The molecule has 1 atom stereocenters. The van der Waals surface area contributed by atoms with E-state index in [4.69, 9.17) is 4.98 Å². The van der Waals surface area contributed by atoms with Crippen molar-refractivity contribution in [1.82, 2.24) is 14.9 Å². The van der Waals surface area contributed by atoms with Gasteiger partial charge in [0.2, 0.25) is 5.91 Å². The van der Waals surface area contributed by atoms with Gasteiger partial charge in [-0.05, 0) is 37.5 Å². The van der Waals surface area contributed by atoms with Gasteiger partial charge in [-0.1, -0.05) is 73.5 Å². The van der Waals surface area contributed by atoms with Crippen LogP contribution in [-0.2, 0) is 4.79 Å². The van der Waals surface area contributed by atoms with Gasteiger partial charge in [-0.3, -0.25) is 14.2 Å². The summed E-state index contributed by atoms with van der Waals surface area (Å²) >= 11 is 1.35. The van der Waals surface area contributed by atoms with Gasteiger partial charge in [-0.25, -0.2) is 4.98 Å². The van der Waals surface area contributed by atoms with Crippen LogP contribution < -0.4 is 10.9 Å². The maximum absolute atomic E-state index is 13.3. The predicted octanol–water partition coefficient (Wildman–Crippen LogP) is 4.87. The Morgan fingerprint density at radius 1 is 1.10 bits per heavy atom. The molecule has 4 rings (SSSR count). The number of fused-ring (bicyclic) bond motifs is 1. The van der Waals surface area contributed by atoms with E-state index < -0.39 is 0 Å². The van der Waals surface area contributed by atoms with Crippen molar-refractivity contribution in [3.05, 3.63) is 70.5 Å². The first-order valence-electron chi connectivity index (χ1n) is 10.6. The molecule has 156 valence electrons. The number of hydrogen-bond acceptors (Lipinski definition) is 4.